The normalized spacial score (nSPS) is 10.5. The van der Waals surface area contributed by atoms with E-state index in [4.69, 9.17) is 9.15 Å². The highest BCUT2D eigenvalue weighted by molar-refractivity contribution is 7.99. The first-order chi connectivity index (χ1) is 12.6. The van der Waals surface area contributed by atoms with Gasteiger partial charge in [-0.15, -0.1) is 10.2 Å². The van der Waals surface area contributed by atoms with Crippen LogP contribution in [0.4, 0.5) is 5.69 Å². The van der Waals surface area contributed by atoms with Crippen molar-refractivity contribution in [3.05, 3.63) is 65.5 Å². The van der Waals surface area contributed by atoms with Gasteiger partial charge in [-0.2, -0.15) is 0 Å². The summed E-state index contributed by atoms with van der Waals surface area (Å²) >= 11 is 1.19. The van der Waals surface area contributed by atoms with Gasteiger partial charge >= 0.3 is 0 Å². The van der Waals surface area contributed by atoms with Crippen LogP contribution >= 0.6 is 11.8 Å². The van der Waals surface area contributed by atoms with E-state index in [0.29, 0.717) is 11.1 Å². The third kappa shape index (κ3) is 5.35. The Bertz CT molecular complexity index is 878. The summed E-state index contributed by atoms with van der Waals surface area (Å²) in [5.41, 5.74) is 3.02. The Morgan fingerprint density at radius 1 is 1.12 bits per heavy atom. The highest BCUT2D eigenvalue weighted by atomic mass is 32.2. The van der Waals surface area contributed by atoms with Gasteiger partial charge in [-0.3, -0.25) is 4.79 Å². The molecule has 1 aromatic heterocycles. The number of anilines is 1. The van der Waals surface area contributed by atoms with Gasteiger partial charge in [-0.05, 0) is 43.7 Å². The lowest BCUT2D eigenvalue weighted by molar-refractivity contribution is -0.113. The topological polar surface area (TPSA) is 77.2 Å². The van der Waals surface area contributed by atoms with Crippen LogP contribution in [0.5, 0.6) is 5.75 Å². The van der Waals surface area contributed by atoms with Crippen molar-refractivity contribution in [2.75, 3.05) is 11.1 Å². The van der Waals surface area contributed by atoms with E-state index in [-0.39, 0.29) is 18.3 Å². The van der Waals surface area contributed by atoms with Crippen LogP contribution in [0.3, 0.4) is 0 Å². The number of hydrogen-bond donors (Lipinski definition) is 1. The Morgan fingerprint density at radius 3 is 2.69 bits per heavy atom. The van der Waals surface area contributed by atoms with Gasteiger partial charge in [-0.25, -0.2) is 0 Å². The van der Waals surface area contributed by atoms with Crippen LogP contribution < -0.4 is 10.1 Å². The molecule has 0 unspecified atom stereocenters. The maximum Gasteiger partial charge on any atom is 0.277 e. The Balaban J connectivity index is 1.45. The first kappa shape index (κ1) is 18.0. The maximum atomic E-state index is 12.0. The van der Waals surface area contributed by atoms with Crippen molar-refractivity contribution in [3.63, 3.8) is 0 Å². The van der Waals surface area contributed by atoms with Gasteiger partial charge in [0, 0.05) is 5.69 Å². The molecule has 0 bridgehead atoms. The second-order valence-corrected chi connectivity index (χ2v) is 6.70. The van der Waals surface area contributed by atoms with Crippen molar-refractivity contribution in [1.29, 1.82) is 0 Å². The van der Waals surface area contributed by atoms with E-state index in [1.165, 1.54) is 11.8 Å². The molecule has 1 amide bonds. The van der Waals surface area contributed by atoms with Gasteiger partial charge in [-0.1, -0.05) is 41.6 Å². The molecule has 7 heteroatoms. The van der Waals surface area contributed by atoms with E-state index in [1.807, 2.05) is 62.4 Å². The summed E-state index contributed by atoms with van der Waals surface area (Å²) in [5, 5.41) is 11.0. The molecule has 0 aliphatic rings. The van der Waals surface area contributed by atoms with Crippen molar-refractivity contribution >= 4 is 23.4 Å². The van der Waals surface area contributed by atoms with Gasteiger partial charge in [0.15, 0.2) is 6.61 Å². The standard InChI is InChI=1S/C19H19N3O3S/c1-13-6-8-15(9-7-13)20-17(23)12-26-19-22-21-18(25-19)11-24-16-5-3-4-14(2)10-16/h3-10H,11-12H2,1-2H3,(H,20,23). The fourth-order valence-corrected chi connectivity index (χ4v) is 2.75. The van der Waals surface area contributed by atoms with Crippen molar-refractivity contribution in [2.45, 2.75) is 25.7 Å². The molecule has 0 fully saturated rings. The zero-order valence-electron chi connectivity index (χ0n) is 14.6. The molecular weight excluding hydrogens is 350 g/mol. The Morgan fingerprint density at radius 2 is 1.92 bits per heavy atom. The van der Waals surface area contributed by atoms with Gasteiger partial charge in [0.05, 0.1) is 5.75 Å². The summed E-state index contributed by atoms with van der Waals surface area (Å²) in [4.78, 5) is 12.0. The van der Waals surface area contributed by atoms with E-state index in [2.05, 4.69) is 15.5 Å². The third-order valence-corrected chi connectivity index (χ3v) is 4.28. The second kappa shape index (κ2) is 8.53. The fraction of sp³-hybridized carbons (Fsp3) is 0.211. The minimum absolute atomic E-state index is 0.130. The van der Waals surface area contributed by atoms with Crippen LogP contribution in [0.15, 0.2) is 58.2 Å². The zero-order valence-corrected chi connectivity index (χ0v) is 15.4. The number of carbonyl (C=O) groups is 1. The van der Waals surface area contributed by atoms with Gasteiger partial charge in [0.1, 0.15) is 5.75 Å². The molecule has 0 radical (unpaired) electrons. The summed E-state index contributed by atoms with van der Waals surface area (Å²) in [7, 11) is 0. The number of nitrogens with one attached hydrogen (secondary N) is 1. The minimum atomic E-state index is -0.130. The summed E-state index contributed by atoms with van der Waals surface area (Å²) in [6, 6.07) is 15.3. The molecule has 0 saturated heterocycles. The molecule has 1 N–H and O–H groups in total. The second-order valence-electron chi connectivity index (χ2n) is 5.77. The number of hydrogen-bond acceptors (Lipinski definition) is 6. The van der Waals surface area contributed by atoms with Crippen LogP contribution in [0, 0.1) is 13.8 Å². The minimum Gasteiger partial charge on any atom is -0.484 e. The first-order valence-corrected chi connectivity index (χ1v) is 9.08. The lowest BCUT2D eigenvalue weighted by Crippen LogP contribution is -2.13. The summed E-state index contributed by atoms with van der Waals surface area (Å²) < 4.78 is 11.1. The molecule has 0 aliphatic carbocycles. The molecule has 0 atom stereocenters. The number of aromatic nitrogens is 2. The lowest BCUT2D eigenvalue weighted by atomic mass is 10.2. The van der Waals surface area contributed by atoms with Crippen LogP contribution in [-0.2, 0) is 11.4 Å². The number of benzene rings is 2. The SMILES string of the molecule is Cc1ccc(NC(=O)CSc2nnc(COc3cccc(C)c3)o2)cc1. The number of rotatable bonds is 7. The summed E-state index contributed by atoms with van der Waals surface area (Å²) in [5.74, 6) is 1.17. The largest absolute Gasteiger partial charge is 0.484 e. The molecule has 134 valence electrons. The average Bonchev–Trinajstić information content (AvgIpc) is 3.08. The third-order valence-electron chi connectivity index (χ3n) is 3.46. The average molecular weight is 369 g/mol. The summed E-state index contributed by atoms with van der Waals surface area (Å²) in [6.45, 7) is 4.18. The molecule has 1 heterocycles. The predicted molar refractivity (Wildman–Crippen MR) is 100 cm³/mol. The molecule has 3 rings (SSSR count). The van der Waals surface area contributed by atoms with Gasteiger partial charge < -0.3 is 14.5 Å². The van der Waals surface area contributed by atoms with Gasteiger partial charge in [0.2, 0.25) is 5.91 Å². The quantitative estimate of drug-likeness (QED) is 0.635. The molecule has 0 saturated carbocycles. The van der Waals surface area contributed by atoms with Crippen molar-refractivity contribution < 1.29 is 13.9 Å². The van der Waals surface area contributed by atoms with Crippen LogP contribution in [0.2, 0.25) is 0 Å². The smallest absolute Gasteiger partial charge is 0.277 e. The maximum absolute atomic E-state index is 12.0. The van der Waals surface area contributed by atoms with E-state index in [1.54, 1.807) is 0 Å². The molecule has 6 nitrogen and oxygen atoms in total. The van der Waals surface area contributed by atoms with E-state index < -0.39 is 0 Å². The van der Waals surface area contributed by atoms with Gasteiger partial charge in [0.25, 0.3) is 11.1 Å². The van der Waals surface area contributed by atoms with Crippen molar-refractivity contribution in [3.8, 4) is 5.75 Å². The number of ether oxygens (including phenoxy) is 1. The highest BCUT2D eigenvalue weighted by Gasteiger charge is 2.10. The van der Waals surface area contributed by atoms with Crippen molar-refractivity contribution in [1.82, 2.24) is 10.2 Å². The molecule has 3 aromatic rings. The zero-order chi connectivity index (χ0) is 18.4. The number of amides is 1. The number of nitrogens with zero attached hydrogens (tertiary/aromatic N) is 2. The number of thioether (sulfide) groups is 1. The molecule has 2 aromatic carbocycles. The van der Waals surface area contributed by atoms with E-state index in [9.17, 15) is 4.79 Å². The Hall–Kier alpha value is -2.80. The van der Waals surface area contributed by atoms with E-state index in [0.717, 1.165) is 22.6 Å². The predicted octanol–water partition coefficient (Wildman–Crippen LogP) is 4.00. The van der Waals surface area contributed by atoms with Crippen LogP contribution in [0.25, 0.3) is 0 Å². The molecular formula is C19H19N3O3S. The summed E-state index contributed by atoms with van der Waals surface area (Å²) in [6.07, 6.45) is 0. The van der Waals surface area contributed by atoms with Crippen LogP contribution in [-0.4, -0.2) is 21.9 Å². The monoisotopic (exact) mass is 369 g/mol. The lowest BCUT2D eigenvalue weighted by Gasteiger charge is -2.04. The molecule has 26 heavy (non-hydrogen) atoms. The van der Waals surface area contributed by atoms with E-state index >= 15 is 0 Å². The number of carbonyl (C=O) groups excluding carboxylic acids is 1. The molecule has 0 aliphatic heterocycles. The Labute approximate surface area is 156 Å². The Kier molecular flexibility index (Phi) is 5.91. The van der Waals surface area contributed by atoms with Crippen molar-refractivity contribution in [2.24, 2.45) is 0 Å². The number of aryl methyl sites for hydroxylation is 2. The first-order valence-electron chi connectivity index (χ1n) is 8.10. The van der Waals surface area contributed by atoms with Crippen LogP contribution in [0.1, 0.15) is 17.0 Å². The molecule has 0 spiro atoms. The fourth-order valence-electron chi connectivity index (χ4n) is 2.17. The highest BCUT2D eigenvalue weighted by Crippen LogP contribution is 2.19.